The van der Waals surface area contributed by atoms with E-state index in [-0.39, 0.29) is 17.7 Å². The highest BCUT2D eigenvalue weighted by atomic mass is 79.9. The number of rotatable bonds is 2. The van der Waals surface area contributed by atoms with Gasteiger partial charge in [-0.25, -0.2) is 8.78 Å². The molecular formula is C12H7Br2F2NO. The van der Waals surface area contributed by atoms with Gasteiger partial charge in [-0.15, -0.1) is 0 Å². The second kappa shape index (κ2) is 5.32. The van der Waals surface area contributed by atoms with Crippen molar-refractivity contribution in [3.63, 3.8) is 0 Å². The normalized spacial score (nSPS) is 10.7. The first kappa shape index (κ1) is 13.4. The number of pyridine rings is 1. The predicted octanol–water partition coefficient (Wildman–Crippen LogP) is 3.70. The molecule has 0 N–H and O–H groups in total. The van der Waals surface area contributed by atoms with Gasteiger partial charge < -0.3 is 4.57 Å². The van der Waals surface area contributed by atoms with Crippen molar-refractivity contribution in [3.8, 4) is 0 Å². The van der Waals surface area contributed by atoms with Crippen LogP contribution in [0.15, 0.2) is 44.2 Å². The second-order valence-corrected chi connectivity index (χ2v) is 5.41. The van der Waals surface area contributed by atoms with Crippen LogP contribution >= 0.6 is 31.9 Å². The average Bonchev–Trinajstić information content (AvgIpc) is 2.30. The molecule has 18 heavy (non-hydrogen) atoms. The summed E-state index contributed by atoms with van der Waals surface area (Å²) in [6.07, 6.45) is 1.49. The van der Waals surface area contributed by atoms with Crippen LogP contribution < -0.4 is 5.56 Å². The van der Waals surface area contributed by atoms with Crippen molar-refractivity contribution in [1.82, 2.24) is 4.57 Å². The van der Waals surface area contributed by atoms with E-state index in [4.69, 9.17) is 0 Å². The number of hydrogen-bond donors (Lipinski definition) is 0. The van der Waals surface area contributed by atoms with Crippen molar-refractivity contribution < 1.29 is 8.78 Å². The molecule has 6 heteroatoms. The summed E-state index contributed by atoms with van der Waals surface area (Å²) in [6.45, 7) is -0.157. The van der Waals surface area contributed by atoms with E-state index in [9.17, 15) is 13.6 Å². The number of nitrogens with zero attached hydrogens (tertiary/aromatic N) is 1. The lowest BCUT2D eigenvalue weighted by Gasteiger charge is -2.09. The third-order valence-corrected chi connectivity index (χ3v) is 3.40. The Balaban J connectivity index is 2.50. The van der Waals surface area contributed by atoms with E-state index < -0.39 is 11.6 Å². The van der Waals surface area contributed by atoms with Gasteiger partial charge in [-0.05, 0) is 50.1 Å². The van der Waals surface area contributed by atoms with Gasteiger partial charge in [0.05, 0.1) is 11.0 Å². The summed E-state index contributed by atoms with van der Waals surface area (Å²) in [5, 5.41) is 0. The molecule has 0 aliphatic carbocycles. The number of aromatic nitrogens is 1. The van der Waals surface area contributed by atoms with Gasteiger partial charge >= 0.3 is 0 Å². The van der Waals surface area contributed by atoms with Crippen molar-refractivity contribution in [3.05, 3.63) is 67.0 Å². The van der Waals surface area contributed by atoms with Crippen LogP contribution in [0.4, 0.5) is 8.78 Å². The van der Waals surface area contributed by atoms with E-state index in [1.807, 2.05) is 0 Å². The summed E-state index contributed by atoms with van der Waals surface area (Å²) in [6, 6.07) is 5.19. The minimum absolute atomic E-state index is 0.135. The van der Waals surface area contributed by atoms with Crippen LogP contribution in [0.2, 0.25) is 0 Å². The Hall–Kier alpha value is -1.01. The molecule has 0 aliphatic rings. The van der Waals surface area contributed by atoms with Crippen LogP contribution in [0.3, 0.4) is 0 Å². The highest BCUT2D eigenvalue weighted by Crippen LogP contribution is 2.16. The van der Waals surface area contributed by atoms with E-state index in [2.05, 4.69) is 31.9 Å². The smallest absolute Gasteiger partial charge is 0.265 e. The molecule has 0 aliphatic heterocycles. The van der Waals surface area contributed by atoms with Gasteiger partial charge in [0.1, 0.15) is 11.6 Å². The molecule has 0 amide bonds. The lowest BCUT2D eigenvalue weighted by atomic mass is 10.2. The van der Waals surface area contributed by atoms with Gasteiger partial charge in [0.15, 0.2) is 0 Å². The molecule has 1 heterocycles. The van der Waals surface area contributed by atoms with Gasteiger partial charge in [-0.1, -0.05) is 6.07 Å². The zero-order chi connectivity index (χ0) is 13.3. The lowest BCUT2D eigenvalue weighted by molar-refractivity contribution is 0.541. The zero-order valence-electron chi connectivity index (χ0n) is 8.96. The fourth-order valence-electron chi connectivity index (χ4n) is 1.54. The van der Waals surface area contributed by atoms with Gasteiger partial charge in [-0.2, -0.15) is 0 Å². The average molecular weight is 379 g/mol. The maximum atomic E-state index is 13.5. The van der Waals surface area contributed by atoms with E-state index in [1.54, 1.807) is 6.07 Å². The fourth-order valence-corrected chi connectivity index (χ4v) is 2.79. The number of hydrogen-bond acceptors (Lipinski definition) is 1. The Morgan fingerprint density at radius 2 is 1.78 bits per heavy atom. The number of benzene rings is 1. The zero-order valence-corrected chi connectivity index (χ0v) is 12.1. The molecule has 0 spiro atoms. The highest BCUT2D eigenvalue weighted by molar-refractivity contribution is 9.11. The van der Waals surface area contributed by atoms with Crippen molar-refractivity contribution in [2.75, 3.05) is 0 Å². The van der Waals surface area contributed by atoms with E-state index >= 15 is 0 Å². The summed E-state index contributed by atoms with van der Waals surface area (Å²) in [4.78, 5) is 11.8. The largest absolute Gasteiger partial charge is 0.309 e. The Kier molecular flexibility index (Phi) is 3.97. The first-order valence-electron chi connectivity index (χ1n) is 4.97. The quantitative estimate of drug-likeness (QED) is 0.780. The lowest BCUT2D eigenvalue weighted by Crippen LogP contribution is -2.21. The SMILES string of the molecule is O=c1c(Br)cc(Br)cn1Cc1c(F)cccc1F. The Labute approximate surface area is 119 Å². The van der Waals surface area contributed by atoms with Crippen molar-refractivity contribution >= 4 is 31.9 Å². The third-order valence-electron chi connectivity index (χ3n) is 2.40. The molecule has 0 bridgehead atoms. The Morgan fingerprint density at radius 3 is 2.39 bits per heavy atom. The van der Waals surface area contributed by atoms with Crippen LogP contribution in [0, 0.1) is 11.6 Å². The molecule has 2 nitrogen and oxygen atoms in total. The van der Waals surface area contributed by atoms with Gasteiger partial charge in [0.2, 0.25) is 0 Å². The van der Waals surface area contributed by atoms with Crippen LogP contribution in [-0.4, -0.2) is 4.57 Å². The summed E-state index contributed by atoms with van der Waals surface area (Å²) in [5.41, 5.74) is -0.481. The van der Waals surface area contributed by atoms with Crippen molar-refractivity contribution in [1.29, 1.82) is 0 Å². The molecule has 2 rings (SSSR count). The second-order valence-electron chi connectivity index (χ2n) is 3.64. The topological polar surface area (TPSA) is 22.0 Å². The monoisotopic (exact) mass is 377 g/mol. The summed E-state index contributed by atoms with van der Waals surface area (Å²) < 4.78 is 29.2. The third kappa shape index (κ3) is 2.70. The molecule has 0 radical (unpaired) electrons. The van der Waals surface area contributed by atoms with E-state index in [0.717, 1.165) is 12.1 Å². The number of halogens is 4. The first-order chi connectivity index (χ1) is 8.49. The summed E-state index contributed by atoms with van der Waals surface area (Å²) in [5.74, 6) is -1.34. The Bertz CT molecular complexity index is 635. The standard InChI is InChI=1S/C12H7Br2F2NO/c13-7-4-9(14)12(18)17(5-7)6-8-10(15)2-1-3-11(8)16/h1-5H,6H2. The highest BCUT2D eigenvalue weighted by Gasteiger charge is 2.11. The maximum Gasteiger partial charge on any atom is 0.265 e. The van der Waals surface area contributed by atoms with Crippen molar-refractivity contribution in [2.45, 2.75) is 6.54 Å². The summed E-state index contributed by atoms with van der Waals surface area (Å²) >= 11 is 6.32. The molecule has 2 aromatic rings. The first-order valence-corrected chi connectivity index (χ1v) is 6.56. The molecule has 94 valence electrons. The van der Waals surface area contributed by atoms with Gasteiger partial charge in [-0.3, -0.25) is 4.79 Å². The maximum absolute atomic E-state index is 13.5. The van der Waals surface area contributed by atoms with Crippen LogP contribution in [0.5, 0.6) is 0 Å². The van der Waals surface area contributed by atoms with Crippen LogP contribution in [0.25, 0.3) is 0 Å². The fraction of sp³-hybridized carbons (Fsp3) is 0.0833. The van der Waals surface area contributed by atoms with Crippen LogP contribution in [0.1, 0.15) is 5.56 Å². The molecular weight excluding hydrogens is 372 g/mol. The molecule has 0 saturated heterocycles. The predicted molar refractivity (Wildman–Crippen MR) is 71.6 cm³/mol. The molecule has 0 fully saturated rings. The van der Waals surface area contributed by atoms with E-state index in [0.29, 0.717) is 8.95 Å². The molecule has 1 aromatic heterocycles. The molecule has 1 aromatic carbocycles. The molecule has 0 unspecified atom stereocenters. The molecule has 0 saturated carbocycles. The summed E-state index contributed by atoms with van der Waals surface area (Å²) in [7, 11) is 0. The van der Waals surface area contributed by atoms with Crippen molar-refractivity contribution in [2.24, 2.45) is 0 Å². The minimum Gasteiger partial charge on any atom is -0.309 e. The Morgan fingerprint density at radius 1 is 1.17 bits per heavy atom. The molecule has 0 atom stereocenters. The van der Waals surface area contributed by atoms with Crippen LogP contribution in [-0.2, 0) is 6.54 Å². The van der Waals surface area contributed by atoms with Gasteiger partial charge in [0, 0.05) is 16.2 Å². The van der Waals surface area contributed by atoms with E-state index in [1.165, 1.54) is 16.8 Å². The van der Waals surface area contributed by atoms with Gasteiger partial charge in [0.25, 0.3) is 5.56 Å². The minimum atomic E-state index is -0.669.